The Bertz CT molecular complexity index is 1300. The summed E-state index contributed by atoms with van der Waals surface area (Å²) in [6, 6.07) is 10.3. The molecule has 3 aromatic rings. The zero-order valence-electron chi connectivity index (χ0n) is 20.5. The highest BCUT2D eigenvalue weighted by molar-refractivity contribution is 6.51. The van der Waals surface area contributed by atoms with E-state index in [-0.39, 0.29) is 17.2 Å². The minimum absolute atomic E-state index is 0.124. The summed E-state index contributed by atoms with van der Waals surface area (Å²) >= 11 is 0. The molecular weight excluding hydrogens is 468 g/mol. The fourth-order valence-electron chi connectivity index (χ4n) is 4.14. The first-order valence-electron chi connectivity index (χ1n) is 11.1. The van der Waals surface area contributed by atoms with Gasteiger partial charge in [-0.25, -0.2) is 0 Å². The van der Waals surface area contributed by atoms with E-state index in [2.05, 4.69) is 5.16 Å². The van der Waals surface area contributed by atoms with E-state index >= 15 is 0 Å². The van der Waals surface area contributed by atoms with Crippen molar-refractivity contribution in [2.45, 2.75) is 19.9 Å². The predicted octanol–water partition coefficient (Wildman–Crippen LogP) is 4.03. The van der Waals surface area contributed by atoms with Crippen molar-refractivity contribution in [1.82, 2.24) is 5.16 Å². The number of aliphatic hydroxyl groups is 1. The topological polar surface area (TPSA) is 121 Å². The standard InChI is InChI=1S/C26H26N2O8/c1-6-35-17-9-7-15(8-10-17)23(29)21-22(16-12-18(32-3)25(34-5)19(13-16)33-4)28(26(31)24(21)30)20-11-14(2)36-27-20/h7-13,22,29H,6H2,1-5H3/b23-21-. The SMILES string of the molecule is CCOc1ccc(/C(O)=C2/C(=O)C(=O)N(c3cc(C)on3)C2c2cc(OC)c(OC)c(OC)c2)cc1. The molecule has 1 saturated heterocycles. The highest BCUT2D eigenvalue weighted by Gasteiger charge is 2.48. The Morgan fingerprint density at radius 1 is 1.03 bits per heavy atom. The van der Waals surface area contributed by atoms with Crippen LogP contribution in [0.5, 0.6) is 23.0 Å². The molecule has 2 heterocycles. The molecule has 10 heteroatoms. The lowest BCUT2D eigenvalue weighted by Gasteiger charge is -2.24. The molecule has 0 spiro atoms. The number of hydrogen-bond donors (Lipinski definition) is 1. The number of rotatable bonds is 8. The second-order valence-electron chi connectivity index (χ2n) is 7.88. The van der Waals surface area contributed by atoms with Gasteiger partial charge in [0.2, 0.25) is 5.75 Å². The van der Waals surface area contributed by atoms with Gasteiger partial charge in [-0.1, -0.05) is 5.16 Å². The lowest BCUT2D eigenvalue weighted by molar-refractivity contribution is -0.132. The molecule has 0 bridgehead atoms. The molecule has 2 aromatic carbocycles. The number of Topliss-reactive ketones (excluding diaryl/α,β-unsaturated/α-hetero) is 1. The van der Waals surface area contributed by atoms with Gasteiger partial charge in [-0.15, -0.1) is 0 Å². The number of anilines is 1. The Labute approximate surface area is 207 Å². The number of methoxy groups -OCH3 is 3. The lowest BCUT2D eigenvalue weighted by atomic mass is 9.94. The van der Waals surface area contributed by atoms with E-state index in [1.54, 1.807) is 43.3 Å². The fourth-order valence-corrected chi connectivity index (χ4v) is 4.14. The predicted molar refractivity (Wildman–Crippen MR) is 130 cm³/mol. The van der Waals surface area contributed by atoms with Gasteiger partial charge in [-0.05, 0) is 55.8 Å². The van der Waals surface area contributed by atoms with E-state index < -0.39 is 17.7 Å². The van der Waals surface area contributed by atoms with Crippen LogP contribution in [0.25, 0.3) is 5.76 Å². The Morgan fingerprint density at radius 3 is 2.17 bits per heavy atom. The minimum atomic E-state index is -1.06. The summed E-state index contributed by atoms with van der Waals surface area (Å²) in [5.41, 5.74) is 0.640. The van der Waals surface area contributed by atoms with Crippen LogP contribution in [0.4, 0.5) is 5.82 Å². The van der Waals surface area contributed by atoms with Crippen molar-refractivity contribution in [2.24, 2.45) is 0 Å². The van der Waals surface area contributed by atoms with Crippen LogP contribution >= 0.6 is 0 Å². The molecule has 1 fully saturated rings. The Morgan fingerprint density at radius 2 is 1.67 bits per heavy atom. The number of aliphatic hydroxyl groups excluding tert-OH is 1. The number of ether oxygens (including phenoxy) is 4. The van der Waals surface area contributed by atoms with Crippen LogP contribution in [0.15, 0.2) is 52.6 Å². The van der Waals surface area contributed by atoms with Gasteiger partial charge in [-0.2, -0.15) is 0 Å². The number of aryl methyl sites for hydroxylation is 1. The maximum atomic E-state index is 13.3. The number of carbonyl (C=O) groups excluding carboxylic acids is 2. The van der Waals surface area contributed by atoms with E-state index in [1.807, 2.05) is 6.92 Å². The smallest absolute Gasteiger partial charge is 0.301 e. The summed E-state index contributed by atoms with van der Waals surface area (Å²) in [5, 5.41) is 15.2. The Kier molecular flexibility index (Phi) is 6.86. The van der Waals surface area contributed by atoms with E-state index in [9.17, 15) is 14.7 Å². The minimum Gasteiger partial charge on any atom is -0.507 e. The molecule has 0 saturated carbocycles. The van der Waals surface area contributed by atoms with Crippen molar-refractivity contribution in [3.05, 3.63) is 64.9 Å². The zero-order valence-corrected chi connectivity index (χ0v) is 20.5. The molecule has 1 atom stereocenters. The number of nitrogens with zero attached hydrogens (tertiary/aromatic N) is 2. The van der Waals surface area contributed by atoms with Crippen LogP contribution in [0, 0.1) is 6.92 Å². The maximum Gasteiger partial charge on any atom is 0.301 e. The van der Waals surface area contributed by atoms with Crippen LogP contribution in [0.3, 0.4) is 0 Å². The number of ketones is 1. The fraction of sp³-hybridized carbons (Fsp3) is 0.269. The average molecular weight is 495 g/mol. The molecule has 4 rings (SSSR count). The molecular formula is C26H26N2O8. The van der Waals surface area contributed by atoms with Gasteiger partial charge in [0.1, 0.15) is 17.3 Å². The van der Waals surface area contributed by atoms with Crippen LogP contribution in [-0.2, 0) is 9.59 Å². The highest BCUT2D eigenvalue weighted by Crippen LogP contribution is 2.47. The summed E-state index contributed by atoms with van der Waals surface area (Å²) in [6.45, 7) is 4.01. The maximum absolute atomic E-state index is 13.3. The van der Waals surface area contributed by atoms with Gasteiger partial charge in [0, 0.05) is 11.6 Å². The quantitative estimate of drug-likeness (QED) is 0.281. The number of hydrogen-bond acceptors (Lipinski definition) is 9. The normalized spacial score (nSPS) is 16.8. The van der Waals surface area contributed by atoms with Gasteiger partial charge in [0.25, 0.3) is 5.78 Å². The molecule has 1 aliphatic heterocycles. The molecule has 0 radical (unpaired) electrons. The van der Waals surface area contributed by atoms with Gasteiger partial charge < -0.3 is 28.6 Å². The van der Waals surface area contributed by atoms with Crippen LogP contribution < -0.4 is 23.8 Å². The van der Waals surface area contributed by atoms with Gasteiger partial charge in [0.05, 0.1) is 39.6 Å². The van der Waals surface area contributed by atoms with E-state index in [0.717, 1.165) is 0 Å². The van der Waals surface area contributed by atoms with Gasteiger partial charge >= 0.3 is 5.91 Å². The first-order valence-corrected chi connectivity index (χ1v) is 11.1. The molecule has 1 amide bonds. The third-order valence-corrected chi connectivity index (χ3v) is 5.75. The molecule has 36 heavy (non-hydrogen) atoms. The summed E-state index contributed by atoms with van der Waals surface area (Å²) in [7, 11) is 4.38. The van der Waals surface area contributed by atoms with Crippen molar-refractivity contribution in [2.75, 3.05) is 32.8 Å². The van der Waals surface area contributed by atoms with Crippen molar-refractivity contribution in [3.63, 3.8) is 0 Å². The number of amides is 1. The van der Waals surface area contributed by atoms with Crippen molar-refractivity contribution in [3.8, 4) is 23.0 Å². The largest absolute Gasteiger partial charge is 0.507 e. The number of benzene rings is 2. The second-order valence-corrected chi connectivity index (χ2v) is 7.88. The summed E-state index contributed by atoms with van der Waals surface area (Å²) < 4.78 is 27.0. The van der Waals surface area contributed by atoms with Crippen molar-refractivity contribution < 1.29 is 38.2 Å². The molecule has 10 nitrogen and oxygen atoms in total. The van der Waals surface area contributed by atoms with Crippen molar-refractivity contribution >= 4 is 23.3 Å². The Hall–Kier alpha value is -4.47. The lowest BCUT2D eigenvalue weighted by Crippen LogP contribution is -2.29. The average Bonchev–Trinajstić information content (AvgIpc) is 3.43. The summed E-state index contributed by atoms with van der Waals surface area (Å²) in [4.78, 5) is 27.8. The molecule has 1 aromatic heterocycles. The number of aromatic nitrogens is 1. The van der Waals surface area contributed by atoms with Crippen LogP contribution in [0.1, 0.15) is 29.9 Å². The molecule has 188 valence electrons. The first kappa shape index (κ1) is 24.6. The molecule has 1 N–H and O–H groups in total. The Balaban J connectivity index is 1.96. The third kappa shape index (κ3) is 4.21. The van der Waals surface area contributed by atoms with E-state index in [1.165, 1.54) is 32.3 Å². The van der Waals surface area contributed by atoms with Gasteiger partial charge in [0.15, 0.2) is 17.3 Å². The van der Waals surface area contributed by atoms with Crippen molar-refractivity contribution in [1.29, 1.82) is 0 Å². The zero-order chi connectivity index (χ0) is 26.0. The number of carbonyl (C=O) groups is 2. The monoisotopic (exact) mass is 494 g/mol. The van der Waals surface area contributed by atoms with Crippen LogP contribution in [0.2, 0.25) is 0 Å². The molecule has 0 aliphatic carbocycles. The van der Waals surface area contributed by atoms with Crippen LogP contribution in [-0.4, -0.2) is 49.9 Å². The van der Waals surface area contributed by atoms with E-state index in [4.69, 9.17) is 23.5 Å². The summed E-state index contributed by atoms with van der Waals surface area (Å²) in [5.74, 6) is 0.0530. The summed E-state index contributed by atoms with van der Waals surface area (Å²) in [6.07, 6.45) is 0. The highest BCUT2D eigenvalue weighted by atomic mass is 16.5. The third-order valence-electron chi connectivity index (χ3n) is 5.75. The molecule has 1 unspecified atom stereocenters. The van der Waals surface area contributed by atoms with E-state index in [0.29, 0.717) is 46.5 Å². The first-order chi connectivity index (χ1) is 17.3. The second kappa shape index (κ2) is 10.0. The van der Waals surface area contributed by atoms with Gasteiger partial charge in [-0.3, -0.25) is 14.5 Å². The molecule has 1 aliphatic rings.